The van der Waals surface area contributed by atoms with Crippen LogP contribution in [0.5, 0.6) is 0 Å². The van der Waals surface area contributed by atoms with Crippen LogP contribution in [0.3, 0.4) is 0 Å². The van der Waals surface area contributed by atoms with Crippen molar-refractivity contribution in [3.05, 3.63) is 0 Å². The molecule has 1 aliphatic heterocycles. The summed E-state index contributed by atoms with van der Waals surface area (Å²) in [7, 11) is 4.10. The lowest BCUT2D eigenvalue weighted by Crippen LogP contribution is -2.65. The zero-order chi connectivity index (χ0) is 14.5. The molecule has 0 aromatic heterocycles. The number of fused-ring (bicyclic) bond motifs is 2. The maximum Gasteiger partial charge on any atom is 0.328 e. The van der Waals surface area contributed by atoms with Crippen LogP contribution in [0.15, 0.2) is 0 Å². The Morgan fingerprint density at radius 1 is 1.32 bits per heavy atom. The molecule has 2 bridgehead atoms. The van der Waals surface area contributed by atoms with Crippen molar-refractivity contribution in [2.24, 2.45) is 5.92 Å². The van der Waals surface area contributed by atoms with Gasteiger partial charge in [-0.3, -0.25) is 9.59 Å². The van der Waals surface area contributed by atoms with Gasteiger partial charge >= 0.3 is 5.97 Å². The molecule has 0 aromatic carbocycles. The number of piperidine rings is 1. The summed E-state index contributed by atoms with van der Waals surface area (Å²) in [6, 6.07) is 0. The van der Waals surface area contributed by atoms with E-state index in [4.69, 9.17) is 14.2 Å². The number of amides is 1. The van der Waals surface area contributed by atoms with Gasteiger partial charge in [0.15, 0.2) is 8.65 Å². The second-order valence-electron chi connectivity index (χ2n) is 4.64. The summed E-state index contributed by atoms with van der Waals surface area (Å²) < 4.78 is 13.5. The van der Waals surface area contributed by atoms with Gasteiger partial charge in [-0.1, -0.05) is 31.9 Å². The lowest BCUT2D eigenvalue weighted by molar-refractivity contribution is -0.231. The van der Waals surface area contributed by atoms with Gasteiger partial charge in [0, 0.05) is 26.7 Å². The molecule has 3 unspecified atom stereocenters. The first-order valence-corrected chi connectivity index (χ1v) is 7.27. The second kappa shape index (κ2) is 4.68. The third-order valence-electron chi connectivity index (χ3n) is 4.02. The summed E-state index contributed by atoms with van der Waals surface area (Å²) in [5.74, 6) is -2.49. The molecule has 3 atom stereocenters. The van der Waals surface area contributed by atoms with Gasteiger partial charge in [0.05, 0.1) is 7.11 Å². The first-order chi connectivity index (χ1) is 8.84. The highest BCUT2D eigenvalue weighted by Crippen LogP contribution is 2.62. The van der Waals surface area contributed by atoms with Crippen LogP contribution in [0, 0.1) is 5.92 Å². The van der Waals surface area contributed by atoms with Gasteiger partial charge in [-0.25, -0.2) is 0 Å². The van der Waals surface area contributed by atoms with Crippen molar-refractivity contribution in [3.8, 4) is 0 Å². The molecular formula is C11H15Br2NO5. The van der Waals surface area contributed by atoms with Gasteiger partial charge in [-0.2, -0.15) is 0 Å². The van der Waals surface area contributed by atoms with Gasteiger partial charge in [0.2, 0.25) is 11.7 Å². The number of alkyl halides is 2. The topological polar surface area (TPSA) is 73.9 Å². The van der Waals surface area contributed by atoms with E-state index in [0.717, 1.165) is 0 Å². The van der Waals surface area contributed by atoms with E-state index in [1.165, 1.54) is 21.3 Å². The number of esters is 1. The van der Waals surface area contributed by atoms with Crippen molar-refractivity contribution in [2.75, 3.05) is 27.9 Å². The Hall–Kier alpha value is -0.180. The molecule has 1 heterocycles. The van der Waals surface area contributed by atoms with E-state index in [1.54, 1.807) is 0 Å². The number of methoxy groups -OCH3 is 3. The zero-order valence-corrected chi connectivity index (χ0v) is 14.0. The van der Waals surface area contributed by atoms with Gasteiger partial charge in [0.25, 0.3) is 0 Å². The van der Waals surface area contributed by atoms with E-state index in [2.05, 4.69) is 37.2 Å². The molecule has 0 aromatic rings. The number of hydrogen-bond acceptors (Lipinski definition) is 5. The molecule has 1 aliphatic carbocycles. The third kappa shape index (κ3) is 1.54. The average molecular weight is 401 g/mol. The fourth-order valence-electron chi connectivity index (χ4n) is 3.14. The van der Waals surface area contributed by atoms with Crippen molar-refractivity contribution in [2.45, 2.75) is 20.9 Å². The van der Waals surface area contributed by atoms with E-state index in [1.807, 2.05) is 0 Å². The molecule has 1 amide bonds. The number of ether oxygens (including phenoxy) is 3. The van der Waals surface area contributed by atoms with Crippen molar-refractivity contribution >= 4 is 43.7 Å². The fourth-order valence-corrected chi connectivity index (χ4v) is 5.72. The second-order valence-corrected chi connectivity index (χ2v) is 7.24. The molecule has 108 valence electrons. The van der Waals surface area contributed by atoms with Gasteiger partial charge in [-0.05, 0) is 6.42 Å². The Balaban J connectivity index is 2.66. The Morgan fingerprint density at radius 3 is 2.37 bits per heavy atom. The van der Waals surface area contributed by atoms with E-state index >= 15 is 0 Å². The van der Waals surface area contributed by atoms with Gasteiger partial charge in [0.1, 0.15) is 0 Å². The Labute approximate surface area is 127 Å². The van der Waals surface area contributed by atoms with E-state index < -0.39 is 20.4 Å². The Kier molecular flexibility index (Phi) is 3.75. The van der Waals surface area contributed by atoms with Crippen molar-refractivity contribution < 1.29 is 23.8 Å². The summed E-state index contributed by atoms with van der Waals surface area (Å²) in [6.07, 6.45) is 0.404. The van der Waals surface area contributed by atoms with Crippen LogP contribution in [-0.4, -0.2) is 54.2 Å². The van der Waals surface area contributed by atoms with E-state index in [0.29, 0.717) is 13.0 Å². The minimum absolute atomic E-state index is 0.211. The van der Waals surface area contributed by atoms with Crippen LogP contribution in [0.25, 0.3) is 0 Å². The number of carbonyl (C=O) groups excluding carboxylic acids is 2. The molecule has 2 fully saturated rings. The molecule has 1 N–H and O–H groups in total. The van der Waals surface area contributed by atoms with Gasteiger partial charge in [-0.15, -0.1) is 0 Å². The maximum absolute atomic E-state index is 12.3. The summed E-state index contributed by atoms with van der Waals surface area (Å²) >= 11 is 6.86. The fraction of sp³-hybridized carbons (Fsp3) is 0.818. The molecule has 19 heavy (non-hydrogen) atoms. The molecule has 6 nitrogen and oxygen atoms in total. The lowest BCUT2D eigenvalue weighted by atomic mass is 9.92. The number of rotatable bonds is 3. The molecule has 0 radical (unpaired) electrons. The van der Waals surface area contributed by atoms with Crippen LogP contribution >= 0.6 is 31.9 Å². The van der Waals surface area contributed by atoms with Crippen LogP contribution in [0.1, 0.15) is 6.42 Å². The summed E-state index contributed by atoms with van der Waals surface area (Å²) in [5.41, 5.74) is 0. The molecule has 2 rings (SSSR count). The number of carbonyl (C=O) groups is 2. The predicted octanol–water partition coefficient (Wildman–Crippen LogP) is 0.566. The predicted molar refractivity (Wildman–Crippen MR) is 73.2 cm³/mol. The standard InChI is InChI=1S/C11H15Br2NO5/c1-17-8(16)10(13)6-4-9(12,7(15)14-5-6)11(10,18-2)19-3/h6H,4-5H2,1-3H3,(H,14,15). The number of hydrogen-bond donors (Lipinski definition) is 1. The Bertz CT molecular complexity index is 427. The van der Waals surface area contributed by atoms with Gasteiger partial charge < -0.3 is 19.5 Å². The quantitative estimate of drug-likeness (QED) is 0.426. The summed E-state index contributed by atoms with van der Waals surface area (Å²) in [5, 5.41) is 2.76. The van der Waals surface area contributed by atoms with E-state index in [-0.39, 0.29) is 11.8 Å². The van der Waals surface area contributed by atoms with Crippen molar-refractivity contribution in [1.82, 2.24) is 5.32 Å². The number of nitrogens with one attached hydrogen (secondary N) is 1. The molecule has 8 heteroatoms. The lowest BCUT2D eigenvalue weighted by Gasteiger charge is -2.43. The van der Waals surface area contributed by atoms with Crippen molar-refractivity contribution in [1.29, 1.82) is 0 Å². The van der Waals surface area contributed by atoms with Crippen molar-refractivity contribution in [3.63, 3.8) is 0 Å². The Morgan fingerprint density at radius 2 is 1.89 bits per heavy atom. The molecule has 1 saturated carbocycles. The SMILES string of the molecule is COC(=O)C1(Br)C2CNC(=O)C(Br)(C2)C1(OC)OC. The minimum atomic E-state index is -1.49. The highest BCUT2D eigenvalue weighted by molar-refractivity contribution is 9.11. The first kappa shape index (κ1) is 15.2. The normalized spacial score (nSPS) is 39.8. The van der Waals surface area contributed by atoms with Crippen LogP contribution in [0.2, 0.25) is 0 Å². The molecule has 2 aliphatic rings. The molecular weight excluding hydrogens is 386 g/mol. The molecule has 1 saturated heterocycles. The van der Waals surface area contributed by atoms with Crippen LogP contribution < -0.4 is 5.32 Å². The highest BCUT2D eigenvalue weighted by Gasteiger charge is 2.80. The smallest absolute Gasteiger partial charge is 0.328 e. The van der Waals surface area contributed by atoms with Crippen LogP contribution in [-0.2, 0) is 23.8 Å². The number of halogens is 2. The highest BCUT2D eigenvalue weighted by atomic mass is 79.9. The summed E-state index contributed by atoms with van der Waals surface area (Å²) in [6.45, 7) is 0.348. The zero-order valence-electron chi connectivity index (χ0n) is 10.8. The van der Waals surface area contributed by atoms with E-state index in [9.17, 15) is 9.59 Å². The largest absolute Gasteiger partial charge is 0.468 e. The summed E-state index contributed by atoms with van der Waals surface area (Å²) in [4.78, 5) is 24.5. The minimum Gasteiger partial charge on any atom is -0.468 e. The molecule has 0 spiro atoms. The third-order valence-corrected chi connectivity index (χ3v) is 6.72. The maximum atomic E-state index is 12.3. The first-order valence-electron chi connectivity index (χ1n) is 5.69. The van der Waals surface area contributed by atoms with Crippen LogP contribution in [0.4, 0.5) is 0 Å². The average Bonchev–Trinajstić information content (AvgIpc) is 2.58. The monoisotopic (exact) mass is 399 g/mol.